The van der Waals surface area contributed by atoms with Crippen LogP contribution in [0.4, 0.5) is 4.39 Å². The average molecular weight is 398 g/mol. The molecule has 0 saturated heterocycles. The molecule has 2 heterocycles. The molecule has 0 radical (unpaired) electrons. The predicted octanol–water partition coefficient (Wildman–Crippen LogP) is 3.97. The number of carbonyl (C=O) groups excluding carboxylic acids is 1. The molecule has 0 bridgehead atoms. The van der Waals surface area contributed by atoms with Gasteiger partial charge in [0.2, 0.25) is 12.7 Å². The average Bonchev–Trinajstić information content (AvgIpc) is 3.36. The minimum Gasteiger partial charge on any atom is -0.454 e. The maximum Gasteiger partial charge on any atom is 0.231 e. The van der Waals surface area contributed by atoms with Crippen molar-refractivity contribution >= 4 is 17.2 Å². The summed E-state index contributed by atoms with van der Waals surface area (Å²) in [6.07, 6.45) is 1.70. The van der Waals surface area contributed by atoms with Gasteiger partial charge in [-0.05, 0) is 48.4 Å². The molecule has 0 spiro atoms. The lowest BCUT2D eigenvalue weighted by atomic mass is 10.1. The number of halogens is 1. The second kappa shape index (κ2) is 8.39. The summed E-state index contributed by atoms with van der Waals surface area (Å²) in [7, 11) is 0. The lowest BCUT2D eigenvalue weighted by molar-refractivity contribution is -0.121. The van der Waals surface area contributed by atoms with Crippen molar-refractivity contribution in [1.82, 2.24) is 10.3 Å². The molecule has 0 atom stereocenters. The molecule has 1 aliphatic heterocycles. The number of ether oxygens (including phenoxy) is 2. The van der Waals surface area contributed by atoms with Crippen molar-refractivity contribution in [2.75, 3.05) is 13.3 Å². The Bertz CT molecular complexity index is 972. The normalized spacial score (nSPS) is 12.2. The molecule has 4 rings (SSSR count). The summed E-state index contributed by atoms with van der Waals surface area (Å²) in [5, 5.41) is 5.76. The van der Waals surface area contributed by atoms with Crippen molar-refractivity contribution < 1.29 is 18.7 Å². The lowest BCUT2D eigenvalue weighted by Crippen LogP contribution is -2.25. The van der Waals surface area contributed by atoms with Crippen molar-refractivity contribution in [3.8, 4) is 22.8 Å². The minimum absolute atomic E-state index is 0.000671. The number of carbonyl (C=O) groups is 1. The highest BCUT2D eigenvalue weighted by atomic mass is 32.1. The van der Waals surface area contributed by atoms with Crippen LogP contribution >= 0.6 is 11.3 Å². The molecule has 1 N–H and O–H groups in total. The first-order valence-electron chi connectivity index (χ1n) is 9.03. The van der Waals surface area contributed by atoms with Gasteiger partial charge in [-0.1, -0.05) is 6.07 Å². The first kappa shape index (κ1) is 18.4. The Morgan fingerprint density at radius 1 is 1.11 bits per heavy atom. The van der Waals surface area contributed by atoms with Crippen LogP contribution in [0.2, 0.25) is 0 Å². The number of aromatic nitrogens is 1. The summed E-state index contributed by atoms with van der Waals surface area (Å²) < 4.78 is 23.7. The monoisotopic (exact) mass is 398 g/mol. The van der Waals surface area contributed by atoms with Gasteiger partial charge in [0.15, 0.2) is 11.5 Å². The van der Waals surface area contributed by atoms with Crippen LogP contribution in [0.25, 0.3) is 11.3 Å². The van der Waals surface area contributed by atoms with Gasteiger partial charge < -0.3 is 14.8 Å². The summed E-state index contributed by atoms with van der Waals surface area (Å²) in [5.41, 5.74) is 2.77. The molecule has 1 aliphatic rings. The second-order valence-corrected chi connectivity index (χ2v) is 7.36. The number of thiazole rings is 1. The zero-order chi connectivity index (χ0) is 19.3. The summed E-state index contributed by atoms with van der Waals surface area (Å²) >= 11 is 1.51. The number of rotatable bonds is 7. The molecule has 3 aromatic rings. The van der Waals surface area contributed by atoms with E-state index in [1.807, 2.05) is 23.6 Å². The quantitative estimate of drug-likeness (QED) is 0.654. The maximum atomic E-state index is 13.0. The minimum atomic E-state index is -0.267. The van der Waals surface area contributed by atoms with Crippen molar-refractivity contribution in [2.45, 2.75) is 19.3 Å². The summed E-state index contributed by atoms with van der Waals surface area (Å²) in [6.45, 7) is 0.826. The van der Waals surface area contributed by atoms with E-state index >= 15 is 0 Å². The standard InChI is InChI=1S/C21H19FN2O3S/c22-16-4-2-15(3-5-16)17-12-28-21(24-17)8-7-20(25)23-10-9-14-1-6-18-19(11-14)27-13-26-18/h1-6,11-12H,7-10,13H2,(H,23,25). The van der Waals surface area contributed by atoms with E-state index in [0.29, 0.717) is 19.4 Å². The Morgan fingerprint density at radius 2 is 1.93 bits per heavy atom. The number of hydrogen-bond donors (Lipinski definition) is 1. The molecule has 0 unspecified atom stereocenters. The molecular formula is C21H19FN2O3S. The van der Waals surface area contributed by atoms with Gasteiger partial charge in [-0.2, -0.15) is 0 Å². The number of fused-ring (bicyclic) bond motifs is 1. The number of nitrogens with one attached hydrogen (secondary N) is 1. The Balaban J connectivity index is 1.22. The van der Waals surface area contributed by atoms with Crippen LogP contribution in [-0.2, 0) is 17.6 Å². The van der Waals surface area contributed by atoms with Gasteiger partial charge in [0.1, 0.15) is 5.82 Å². The van der Waals surface area contributed by atoms with Gasteiger partial charge >= 0.3 is 0 Å². The van der Waals surface area contributed by atoms with E-state index in [1.54, 1.807) is 12.1 Å². The second-order valence-electron chi connectivity index (χ2n) is 6.42. The van der Waals surface area contributed by atoms with E-state index in [4.69, 9.17) is 9.47 Å². The number of benzene rings is 2. The molecule has 1 aromatic heterocycles. The molecule has 0 aliphatic carbocycles. The summed E-state index contributed by atoms with van der Waals surface area (Å²) in [5.74, 6) is 1.25. The fourth-order valence-corrected chi connectivity index (χ4v) is 3.74. The smallest absolute Gasteiger partial charge is 0.231 e. The summed E-state index contributed by atoms with van der Waals surface area (Å²) in [6, 6.07) is 12.1. The molecular weight excluding hydrogens is 379 g/mol. The predicted molar refractivity (Wildman–Crippen MR) is 105 cm³/mol. The molecule has 5 nitrogen and oxygen atoms in total. The van der Waals surface area contributed by atoms with Crippen molar-refractivity contribution in [3.05, 3.63) is 64.2 Å². The van der Waals surface area contributed by atoms with Gasteiger partial charge in [-0.25, -0.2) is 9.37 Å². The van der Waals surface area contributed by atoms with E-state index in [9.17, 15) is 9.18 Å². The molecule has 7 heteroatoms. The van der Waals surface area contributed by atoms with Gasteiger partial charge in [-0.3, -0.25) is 4.79 Å². The Morgan fingerprint density at radius 3 is 2.79 bits per heavy atom. The Hall–Kier alpha value is -2.93. The highest BCUT2D eigenvalue weighted by molar-refractivity contribution is 7.09. The first-order valence-corrected chi connectivity index (χ1v) is 9.91. The first-order chi connectivity index (χ1) is 13.7. The number of nitrogens with zero attached hydrogens (tertiary/aromatic N) is 1. The van der Waals surface area contributed by atoms with Crippen molar-refractivity contribution in [2.24, 2.45) is 0 Å². The highest BCUT2D eigenvalue weighted by Gasteiger charge is 2.13. The van der Waals surface area contributed by atoms with E-state index in [0.717, 1.165) is 39.7 Å². The lowest BCUT2D eigenvalue weighted by Gasteiger charge is -2.05. The third kappa shape index (κ3) is 4.48. The zero-order valence-electron chi connectivity index (χ0n) is 15.1. The maximum absolute atomic E-state index is 13.0. The van der Waals surface area contributed by atoms with Gasteiger partial charge in [-0.15, -0.1) is 11.3 Å². The third-order valence-electron chi connectivity index (χ3n) is 4.43. The van der Waals surface area contributed by atoms with E-state index in [1.165, 1.54) is 23.5 Å². The van der Waals surface area contributed by atoms with Crippen LogP contribution in [0.5, 0.6) is 11.5 Å². The number of amides is 1. The van der Waals surface area contributed by atoms with Crippen molar-refractivity contribution in [1.29, 1.82) is 0 Å². The van der Waals surface area contributed by atoms with Crippen LogP contribution in [-0.4, -0.2) is 24.2 Å². The fourth-order valence-electron chi connectivity index (χ4n) is 2.93. The molecule has 1 amide bonds. The van der Waals surface area contributed by atoms with Crippen LogP contribution in [0.15, 0.2) is 47.8 Å². The van der Waals surface area contributed by atoms with Crippen LogP contribution in [0.3, 0.4) is 0 Å². The molecule has 0 saturated carbocycles. The topological polar surface area (TPSA) is 60.5 Å². The van der Waals surface area contributed by atoms with Crippen LogP contribution in [0, 0.1) is 5.82 Å². The van der Waals surface area contributed by atoms with Crippen LogP contribution in [0.1, 0.15) is 17.0 Å². The van der Waals surface area contributed by atoms with Gasteiger partial charge in [0.05, 0.1) is 10.7 Å². The number of aryl methyl sites for hydroxylation is 1. The van der Waals surface area contributed by atoms with Gasteiger partial charge in [0, 0.05) is 30.3 Å². The third-order valence-corrected chi connectivity index (χ3v) is 5.34. The fraction of sp³-hybridized carbons (Fsp3) is 0.238. The van der Waals surface area contributed by atoms with E-state index < -0.39 is 0 Å². The molecule has 0 fully saturated rings. The molecule has 2 aromatic carbocycles. The van der Waals surface area contributed by atoms with Gasteiger partial charge in [0.25, 0.3) is 0 Å². The van der Waals surface area contributed by atoms with E-state index in [-0.39, 0.29) is 18.5 Å². The summed E-state index contributed by atoms with van der Waals surface area (Å²) in [4.78, 5) is 16.6. The SMILES string of the molecule is O=C(CCc1nc(-c2ccc(F)cc2)cs1)NCCc1ccc2c(c1)OCO2. The largest absolute Gasteiger partial charge is 0.454 e. The molecule has 28 heavy (non-hydrogen) atoms. The zero-order valence-corrected chi connectivity index (χ0v) is 15.9. The van der Waals surface area contributed by atoms with E-state index in [2.05, 4.69) is 10.3 Å². The Kier molecular flexibility index (Phi) is 5.53. The molecule has 144 valence electrons. The highest BCUT2D eigenvalue weighted by Crippen LogP contribution is 2.32. The van der Waals surface area contributed by atoms with Crippen LogP contribution < -0.4 is 14.8 Å². The number of hydrogen-bond acceptors (Lipinski definition) is 5. The Labute approximate surface area is 166 Å². The van der Waals surface area contributed by atoms with Crippen molar-refractivity contribution in [3.63, 3.8) is 0 Å².